The molecule has 2 N–H and O–H groups in total. The van der Waals surface area contributed by atoms with Gasteiger partial charge in [-0.15, -0.1) is 10.2 Å². The summed E-state index contributed by atoms with van der Waals surface area (Å²) in [5, 5.41) is 11.8. The largest absolute Gasteiger partial charge is 0.351 e. The molecule has 7 rings (SSSR count). The van der Waals surface area contributed by atoms with Gasteiger partial charge in [0.25, 0.3) is 5.56 Å². The molecule has 4 heterocycles. The number of aryl methyl sites for hydroxylation is 1. The lowest BCUT2D eigenvalue weighted by Gasteiger charge is -2.39. The molecule has 2 saturated carbocycles. The third-order valence-corrected chi connectivity index (χ3v) is 8.08. The third-order valence-electron chi connectivity index (χ3n) is 8.08. The second-order valence-electron chi connectivity index (χ2n) is 11.1. The number of nitrogens with zero attached hydrogens (tertiary/aromatic N) is 6. The zero-order chi connectivity index (χ0) is 26.7. The van der Waals surface area contributed by atoms with Crippen molar-refractivity contribution < 1.29 is 4.39 Å². The fourth-order valence-electron chi connectivity index (χ4n) is 5.39. The second kappa shape index (κ2) is 8.94. The van der Waals surface area contributed by atoms with Crippen molar-refractivity contribution in [2.24, 2.45) is 7.05 Å². The molecular weight excluding hydrogens is 495 g/mol. The quantitative estimate of drug-likeness (QED) is 0.322. The molecule has 9 nitrogen and oxygen atoms in total. The van der Waals surface area contributed by atoms with Gasteiger partial charge in [0, 0.05) is 42.0 Å². The van der Waals surface area contributed by atoms with Gasteiger partial charge in [0.15, 0.2) is 5.82 Å². The summed E-state index contributed by atoms with van der Waals surface area (Å²) in [4.78, 5) is 26.4. The summed E-state index contributed by atoms with van der Waals surface area (Å²) in [5.41, 5.74) is 5.13. The first kappa shape index (κ1) is 23.9. The van der Waals surface area contributed by atoms with Crippen molar-refractivity contribution in [1.29, 1.82) is 0 Å². The first-order chi connectivity index (χ1) is 18.9. The van der Waals surface area contributed by atoms with Gasteiger partial charge in [0.2, 0.25) is 0 Å². The molecule has 5 aromatic rings. The molecule has 2 aliphatic rings. The van der Waals surface area contributed by atoms with Crippen LogP contribution >= 0.6 is 0 Å². The van der Waals surface area contributed by atoms with Gasteiger partial charge < -0.3 is 14.9 Å². The van der Waals surface area contributed by atoms with Crippen LogP contribution in [0.4, 0.5) is 4.39 Å². The lowest BCUT2D eigenvalue weighted by Crippen LogP contribution is -2.47. The molecule has 0 unspecified atom stereocenters. The number of nitrogens with one attached hydrogen (secondary N) is 2. The van der Waals surface area contributed by atoms with E-state index in [1.165, 1.54) is 23.1 Å². The second-order valence-corrected chi connectivity index (χ2v) is 11.1. The standard InChI is InChI=1S/C29H29FN8O/c1-29(8-3-9-29)32-14-20-13-24-26(34-20)28(39)38(15-31-24)25-11-18(10-23(35-25)17-4-5-17)21-7-6-19(30)12-22(21)27-36-33-16-37(27)2/h6-7,10-13,15-17,32,34H,3-5,8-9,14H2,1-2H3. The monoisotopic (exact) mass is 524 g/mol. The highest BCUT2D eigenvalue weighted by Gasteiger charge is 2.31. The average molecular weight is 525 g/mol. The van der Waals surface area contributed by atoms with Crippen LogP contribution in [-0.2, 0) is 13.6 Å². The Morgan fingerprint density at radius 2 is 1.97 bits per heavy atom. The molecule has 10 heteroatoms. The fraction of sp³-hybridized carbons (Fsp3) is 0.345. The van der Waals surface area contributed by atoms with E-state index in [0.29, 0.717) is 40.7 Å². The van der Waals surface area contributed by atoms with Crippen molar-refractivity contribution >= 4 is 11.0 Å². The summed E-state index contributed by atoms with van der Waals surface area (Å²) in [6.45, 7) is 2.89. The molecule has 4 aromatic heterocycles. The fourth-order valence-corrected chi connectivity index (χ4v) is 5.39. The normalized spacial score (nSPS) is 16.5. The number of pyridine rings is 1. The van der Waals surface area contributed by atoms with E-state index in [-0.39, 0.29) is 16.9 Å². The topological polar surface area (TPSA) is 106 Å². The number of aromatic nitrogens is 7. The average Bonchev–Trinajstić information content (AvgIpc) is 3.54. The van der Waals surface area contributed by atoms with Crippen molar-refractivity contribution in [2.45, 2.75) is 57.0 Å². The van der Waals surface area contributed by atoms with Gasteiger partial charge in [-0.3, -0.25) is 4.79 Å². The molecule has 2 aliphatic carbocycles. The first-order valence-corrected chi connectivity index (χ1v) is 13.4. The van der Waals surface area contributed by atoms with Crippen molar-refractivity contribution in [2.75, 3.05) is 0 Å². The van der Waals surface area contributed by atoms with E-state index in [1.54, 1.807) is 23.3 Å². The molecule has 0 aliphatic heterocycles. The molecule has 0 atom stereocenters. The Hall–Kier alpha value is -4.18. The van der Waals surface area contributed by atoms with Gasteiger partial charge in [-0.25, -0.2) is 18.9 Å². The number of H-pyrrole nitrogens is 1. The zero-order valence-electron chi connectivity index (χ0n) is 21.9. The van der Waals surface area contributed by atoms with Crippen LogP contribution in [0.25, 0.3) is 39.4 Å². The third kappa shape index (κ3) is 4.34. The minimum absolute atomic E-state index is 0.165. The van der Waals surface area contributed by atoms with Gasteiger partial charge in [-0.05, 0) is 80.5 Å². The highest BCUT2D eigenvalue weighted by atomic mass is 19.1. The predicted molar refractivity (Wildman–Crippen MR) is 146 cm³/mol. The minimum Gasteiger partial charge on any atom is -0.351 e. The van der Waals surface area contributed by atoms with Crippen LogP contribution in [0.3, 0.4) is 0 Å². The molecule has 0 bridgehead atoms. The summed E-state index contributed by atoms with van der Waals surface area (Å²) in [5.74, 6) is 1.02. The molecule has 39 heavy (non-hydrogen) atoms. The predicted octanol–water partition coefficient (Wildman–Crippen LogP) is 4.62. The summed E-state index contributed by atoms with van der Waals surface area (Å²) in [7, 11) is 1.82. The number of aromatic amines is 1. The van der Waals surface area contributed by atoms with E-state index in [4.69, 9.17) is 4.98 Å². The maximum Gasteiger partial charge on any atom is 0.283 e. The lowest BCUT2D eigenvalue weighted by molar-refractivity contribution is 0.206. The van der Waals surface area contributed by atoms with Crippen molar-refractivity contribution in [3.8, 4) is 28.3 Å². The van der Waals surface area contributed by atoms with Crippen molar-refractivity contribution in [1.82, 2.24) is 39.6 Å². The van der Waals surface area contributed by atoms with Gasteiger partial charge in [0.05, 0.1) is 5.52 Å². The van der Waals surface area contributed by atoms with Crippen molar-refractivity contribution in [3.63, 3.8) is 0 Å². The SMILES string of the molecule is Cn1cnnc1-c1cc(F)ccc1-c1cc(C2CC2)nc(-n2cnc3cc(CNC4(C)CCC4)[nH]c3c2=O)c1. The molecule has 0 spiro atoms. The Kier molecular flexibility index (Phi) is 5.48. The lowest BCUT2D eigenvalue weighted by atomic mass is 9.78. The highest BCUT2D eigenvalue weighted by Crippen LogP contribution is 2.41. The molecule has 0 saturated heterocycles. The van der Waals surface area contributed by atoms with Crippen LogP contribution in [0.15, 0.2) is 53.8 Å². The Bertz CT molecular complexity index is 1780. The Balaban J connectivity index is 1.32. The van der Waals surface area contributed by atoms with Gasteiger partial charge >= 0.3 is 0 Å². The summed E-state index contributed by atoms with van der Waals surface area (Å²) < 4.78 is 17.6. The highest BCUT2D eigenvalue weighted by molar-refractivity contribution is 5.82. The Morgan fingerprint density at radius 3 is 2.69 bits per heavy atom. The molecule has 198 valence electrons. The smallest absolute Gasteiger partial charge is 0.283 e. The van der Waals surface area contributed by atoms with Crippen LogP contribution in [0, 0.1) is 5.82 Å². The summed E-state index contributed by atoms with van der Waals surface area (Å²) >= 11 is 0. The van der Waals surface area contributed by atoms with E-state index in [1.807, 2.05) is 25.2 Å². The van der Waals surface area contributed by atoms with Crippen LogP contribution in [0.2, 0.25) is 0 Å². The van der Waals surface area contributed by atoms with E-state index in [0.717, 1.165) is 48.2 Å². The number of hydrogen-bond acceptors (Lipinski definition) is 6. The number of halogens is 1. The van der Waals surface area contributed by atoms with Gasteiger partial charge in [0.1, 0.15) is 29.8 Å². The number of benzene rings is 1. The van der Waals surface area contributed by atoms with E-state index >= 15 is 0 Å². The molecule has 2 fully saturated rings. The van der Waals surface area contributed by atoms with Gasteiger partial charge in [-0.2, -0.15) is 0 Å². The maximum absolute atomic E-state index is 14.4. The Morgan fingerprint density at radius 1 is 1.13 bits per heavy atom. The first-order valence-electron chi connectivity index (χ1n) is 13.4. The number of hydrogen-bond donors (Lipinski definition) is 2. The Labute approximate surface area is 224 Å². The van der Waals surface area contributed by atoms with Crippen LogP contribution in [0.1, 0.15) is 56.3 Å². The number of fused-ring (bicyclic) bond motifs is 1. The summed E-state index contributed by atoms with van der Waals surface area (Å²) in [6.07, 6.45) is 8.80. The van der Waals surface area contributed by atoms with E-state index in [2.05, 4.69) is 32.4 Å². The summed E-state index contributed by atoms with van der Waals surface area (Å²) in [6, 6.07) is 10.5. The van der Waals surface area contributed by atoms with Crippen LogP contribution in [0.5, 0.6) is 0 Å². The molecule has 0 radical (unpaired) electrons. The van der Waals surface area contributed by atoms with E-state index < -0.39 is 0 Å². The van der Waals surface area contributed by atoms with Gasteiger partial charge in [-0.1, -0.05) is 6.07 Å². The molecule has 0 amide bonds. The molecule has 1 aromatic carbocycles. The maximum atomic E-state index is 14.4. The van der Waals surface area contributed by atoms with Crippen LogP contribution in [-0.4, -0.2) is 39.8 Å². The molecular formula is C29H29FN8O. The zero-order valence-corrected chi connectivity index (χ0v) is 21.9. The number of rotatable bonds is 7. The van der Waals surface area contributed by atoms with E-state index in [9.17, 15) is 9.18 Å². The van der Waals surface area contributed by atoms with Crippen molar-refractivity contribution in [3.05, 3.63) is 76.6 Å². The van der Waals surface area contributed by atoms with Crippen LogP contribution < -0.4 is 10.9 Å². The minimum atomic E-state index is -0.359.